The molecule has 19 heavy (non-hydrogen) atoms. The van der Waals surface area contributed by atoms with Gasteiger partial charge in [0.2, 0.25) is 0 Å². The highest BCUT2D eigenvalue weighted by molar-refractivity contribution is 9.10. The molecule has 1 N–H and O–H groups in total. The van der Waals surface area contributed by atoms with E-state index in [9.17, 15) is 21.6 Å². The number of sulfone groups is 1. The van der Waals surface area contributed by atoms with Gasteiger partial charge in [-0.3, -0.25) is 0 Å². The van der Waals surface area contributed by atoms with Crippen LogP contribution in [0.4, 0.5) is 18.9 Å². The third-order valence-corrected chi connectivity index (χ3v) is 4.45. The molecular formula is C11H9BrF3NO2S. The van der Waals surface area contributed by atoms with Gasteiger partial charge in [0.1, 0.15) is 0 Å². The number of anilines is 1. The van der Waals surface area contributed by atoms with E-state index in [0.29, 0.717) is 4.47 Å². The van der Waals surface area contributed by atoms with Crippen molar-refractivity contribution in [1.82, 2.24) is 0 Å². The zero-order chi connectivity index (χ0) is 14.3. The Balaban J connectivity index is 2.30. The number of hydrogen-bond acceptors (Lipinski definition) is 3. The predicted octanol–water partition coefficient (Wildman–Crippen LogP) is 3.19. The van der Waals surface area contributed by atoms with Gasteiger partial charge >= 0.3 is 6.18 Å². The maximum atomic E-state index is 12.8. The van der Waals surface area contributed by atoms with Gasteiger partial charge in [-0.15, -0.1) is 0 Å². The van der Waals surface area contributed by atoms with Gasteiger partial charge in [-0.05, 0) is 18.2 Å². The summed E-state index contributed by atoms with van der Waals surface area (Å²) < 4.78 is 61.4. The van der Waals surface area contributed by atoms with Crippen LogP contribution in [0.15, 0.2) is 34.2 Å². The summed E-state index contributed by atoms with van der Waals surface area (Å²) in [6.45, 7) is 0. The molecule has 0 amide bonds. The van der Waals surface area contributed by atoms with Crippen LogP contribution in [0.3, 0.4) is 0 Å². The molecule has 1 heterocycles. The van der Waals surface area contributed by atoms with Crippen molar-refractivity contribution in [2.45, 2.75) is 12.2 Å². The number of rotatable bonds is 2. The van der Waals surface area contributed by atoms with Crippen LogP contribution in [0.5, 0.6) is 0 Å². The molecule has 0 aromatic heterocycles. The minimum atomic E-state index is -4.50. The third kappa shape index (κ3) is 3.50. The minimum Gasteiger partial charge on any atom is -0.377 e. The predicted molar refractivity (Wildman–Crippen MR) is 69.5 cm³/mol. The van der Waals surface area contributed by atoms with E-state index in [4.69, 9.17) is 0 Å². The molecule has 1 unspecified atom stereocenters. The fourth-order valence-corrected chi connectivity index (χ4v) is 3.34. The Hall–Kier alpha value is -1.02. The lowest BCUT2D eigenvalue weighted by Gasteiger charge is -2.17. The first-order valence-corrected chi connectivity index (χ1v) is 7.72. The van der Waals surface area contributed by atoms with Crippen molar-refractivity contribution in [2.75, 3.05) is 11.1 Å². The molecule has 1 aliphatic heterocycles. The zero-order valence-corrected chi connectivity index (χ0v) is 11.8. The van der Waals surface area contributed by atoms with E-state index < -0.39 is 27.6 Å². The number of halogens is 4. The van der Waals surface area contributed by atoms with Gasteiger partial charge < -0.3 is 5.32 Å². The van der Waals surface area contributed by atoms with Gasteiger partial charge in [-0.1, -0.05) is 22.0 Å². The molecule has 1 aromatic carbocycles. The van der Waals surface area contributed by atoms with Crippen molar-refractivity contribution < 1.29 is 21.6 Å². The monoisotopic (exact) mass is 355 g/mol. The topological polar surface area (TPSA) is 46.2 Å². The van der Waals surface area contributed by atoms with E-state index in [0.717, 1.165) is 11.5 Å². The van der Waals surface area contributed by atoms with E-state index in [-0.39, 0.29) is 11.4 Å². The Bertz CT molecular complexity index is 625. The fraction of sp³-hybridized carbons (Fsp3) is 0.273. The second-order valence-corrected chi connectivity index (χ2v) is 6.94. The Morgan fingerprint density at radius 3 is 2.53 bits per heavy atom. The molecule has 0 fully saturated rings. The maximum absolute atomic E-state index is 12.8. The highest BCUT2D eigenvalue weighted by atomic mass is 79.9. The zero-order valence-electron chi connectivity index (χ0n) is 9.41. The highest BCUT2D eigenvalue weighted by Gasteiger charge is 2.34. The Kier molecular flexibility index (Phi) is 3.65. The van der Waals surface area contributed by atoms with Gasteiger partial charge in [0, 0.05) is 15.6 Å². The molecule has 0 saturated heterocycles. The summed E-state index contributed by atoms with van der Waals surface area (Å²) in [5, 5.41) is 3.61. The molecular weight excluding hydrogens is 347 g/mol. The molecule has 1 atom stereocenters. The summed E-state index contributed by atoms with van der Waals surface area (Å²) in [4.78, 5) is 0. The number of nitrogens with one attached hydrogen (secondary N) is 1. The molecule has 0 saturated carbocycles. The summed E-state index contributed by atoms with van der Waals surface area (Å²) >= 11 is 3.09. The van der Waals surface area contributed by atoms with Crippen molar-refractivity contribution in [3.05, 3.63) is 39.7 Å². The summed E-state index contributed by atoms with van der Waals surface area (Å²) in [6.07, 6.45) is -3.15. The standard InChI is InChI=1S/C11H9BrF3NO2S/c12-7-1-2-9(11(13,14)15)10(5-7)16-8-3-4-19(17,18)6-8/h1-5,8,16H,6H2. The Morgan fingerprint density at radius 2 is 2.00 bits per heavy atom. The number of alkyl halides is 3. The first-order chi connectivity index (χ1) is 8.67. The first-order valence-electron chi connectivity index (χ1n) is 5.22. The minimum absolute atomic E-state index is 0.145. The van der Waals surface area contributed by atoms with Crippen LogP contribution in [0, 0.1) is 0 Å². The second-order valence-electron chi connectivity index (χ2n) is 4.10. The summed E-state index contributed by atoms with van der Waals surface area (Å²) in [7, 11) is -3.31. The molecule has 0 radical (unpaired) electrons. The molecule has 0 bridgehead atoms. The molecule has 0 aliphatic carbocycles. The van der Waals surface area contributed by atoms with Crippen molar-refractivity contribution in [3.63, 3.8) is 0 Å². The van der Waals surface area contributed by atoms with Crippen LogP contribution in [0.2, 0.25) is 0 Å². The van der Waals surface area contributed by atoms with Gasteiger partial charge in [0.05, 0.1) is 17.4 Å². The van der Waals surface area contributed by atoms with Crippen LogP contribution in [-0.2, 0) is 16.0 Å². The SMILES string of the molecule is O=S1(=O)C=CC(Nc2cc(Br)ccc2C(F)(F)F)C1. The Morgan fingerprint density at radius 1 is 1.32 bits per heavy atom. The lowest BCUT2D eigenvalue weighted by atomic mass is 10.1. The first kappa shape index (κ1) is 14.4. The Labute approximate surface area is 116 Å². The van der Waals surface area contributed by atoms with Crippen LogP contribution in [0.1, 0.15) is 5.56 Å². The normalized spacial score (nSPS) is 21.6. The molecule has 8 heteroatoms. The van der Waals surface area contributed by atoms with Gasteiger partial charge in [0.25, 0.3) is 0 Å². The fourth-order valence-electron chi connectivity index (χ4n) is 1.75. The summed E-state index contributed by atoms with van der Waals surface area (Å²) in [5.41, 5.74) is -0.970. The molecule has 1 aromatic rings. The smallest absolute Gasteiger partial charge is 0.377 e. The van der Waals surface area contributed by atoms with Crippen LogP contribution in [-0.4, -0.2) is 20.2 Å². The average Bonchev–Trinajstić information content (AvgIpc) is 2.56. The van der Waals surface area contributed by atoms with Gasteiger partial charge in [-0.25, -0.2) is 8.42 Å². The van der Waals surface area contributed by atoms with E-state index >= 15 is 0 Å². The van der Waals surface area contributed by atoms with E-state index in [1.807, 2.05) is 0 Å². The quantitative estimate of drug-likeness (QED) is 0.885. The number of benzene rings is 1. The van der Waals surface area contributed by atoms with Crippen molar-refractivity contribution >= 4 is 31.5 Å². The average molecular weight is 356 g/mol. The molecule has 104 valence electrons. The van der Waals surface area contributed by atoms with Crippen molar-refractivity contribution in [1.29, 1.82) is 0 Å². The van der Waals surface area contributed by atoms with Crippen molar-refractivity contribution in [2.24, 2.45) is 0 Å². The van der Waals surface area contributed by atoms with E-state index in [1.54, 1.807) is 0 Å². The third-order valence-electron chi connectivity index (χ3n) is 2.56. The summed E-state index contributed by atoms with van der Waals surface area (Å²) in [6, 6.07) is 2.86. The van der Waals surface area contributed by atoms with Crippen LogP contribution in [0.25, 0.3) is 0 Å². The highest BCUT2D eigenvalue weighted by Crippen LogP contribution is 2.36. The lowest BCUT2D eigenvalue weighted by molar-refractivity contribution is -0.137. The largest absolute Gasteiger partial charge is 0.418 e. The maximum Gasteiger partial charge on any atom is 0.418 e. The summed E-state index contributed by atoms with van der Waals surface area (Å²) in [5.74, 6) is -0.239. The van der Waals surface area contributed by atoms with Gasteiger partial charge in [0.15, 0.2) is 9.84 Å². The van der Waals surface area contributed by atoms with E-state index in [2.05, 4.69) is 21.2 Å². The molecule has 3 nitrogen and oxygen atoms in total. The van der Waals surface area contributed by atoms with Crippen molar-refractivity contribution in [3.8, 4) is 0 Å². The lowest BCUT2D eigenvalue weighted by Crippen LogP contribution is -2.23. The van der Waals surface area contributed by atoms with Gasteiger partial charge in [-0.2, -0.15) is 13.2 Å². The number of hydrogen-bond donors (Lipinski definition) is 1. The van der Waals surface area contributed by atoms with E-state index in [1.165, 1.54) is 18.2 Å². The van der Waals surface area contributed by atoms with Crippen LogP contribution >= 0.6 is 15.9 Å². The molecule has 1 aliphatic rings. The second kappa shape index (κ2) is 4.82. The molecule has 2 rings (SSSR count). The molecule has 0 spiro atoms. The van der Waals surface area contributed by atoms with Crippen LogP contribution < -0.4 is 5.32 Å².